The van der Waals surface area contributed by atoms with Crippen LogP contribution in [-0.2, 0) is 9.53 Å². The summed E-state index contributed by atoms with van der Waals surface area (Å²) in [6.07, 6.45) is -1.14. The van der Waals surface area contributed by atoms with Crippen molar-refractivity contribution in [2.24, 2.45) is 0 Å². The second-order valence-electron chi connectivity index (χ2n) is 6.04. The molecule has 0 spiro atoms. The van der Waals surface area contributed by atoms with Crippen LogP contribution in [0, 0.1) is 10.1 Å². The third kappa shape index (κ3) is 4.54. The number of nitrogens with one attached hydrogen (secondary N) is 1. The predicted molar refractivity (Wildman–Crippen MR) is 101 cm³/mol. The van der Waals surface area contributed by atoms with Gasteiger partial charge in [-0.05, 0) is 31.2 Å². The summed E-state index contributed by atoms with van der Waals surface area (Å²) in [7, 11) is 1.28. The lowest BCUT2D eigenvalue weighted by Gasteiger charge is -2.19. The van der Waals surface area contributed by atoms with Gasteiger partial charge in [0.25, 0.3) is 5.91 Å². The standard InChI is InChI=1S/C19H18N2O8/c1-11(18(22)20-13-4-6-16-17(10-13)28-8-7-27-16)29-19(23)12-3-5-15(26-2)14(9-12)21(24)25/h3-6,9-11H,7-8H2,1-2H3,(H,20,22). The summed E-state index contributed by atoms with van der Waals surface area (Å²) < 4.78 is 20.9. The van der Waals surface area contributed by atoms with E-state index in [1.807, 2.05) is 0 Å². The summed E-state index contributed by atoms with van der Waals surface area (Å²) in [4.78, 5) is 35.0. The second kappa shape index (κ2) is 8.46. The van der Waals surface area contributed by atoms with E-state index in [1.165, 1.54) is 26.2 Å². The molecule has 2 aromatic carbocycles. The van der Waals surface area contributed by atoms with E-state index in [-0.39, 0.29) is 17.0 Å². The lowest BCUT2D eigenvalue weighted by Crippen LogP contribution is -2.30. The Balaban J connectivity index is 1.65. The maximum absolute atomic E-state index is 12.3. The topological polar surface area (TPSA) is 126 Å². The summed E-state index contributed by atoms with van der Waals surface area (Å²) in [5, 5.41) is 13.7. The van der Waals surface area contributed by atoms with Gasteiger partial charge < -0.3 is 24.3 Å². The third-order valence-electron chi connectivity index (χ3n) is 4.07. The van der Waals surface area contributed by atoms with Crippen molar-refractivity contribution in [1.82, 2.24) is 0 Å². The minimum Gasteiger partial charge on any atom is -0.490 e. The predicted octanol–water partition coefficient (Wildman–Crippen LogP) is 2.56. The molecule has 1 amide bonds. The molecule has 10 heteroatoms. The fourth-order valence-corrected chi connectivity index (χ4v) is 2.61. The summed E-state index contributed by atoms with van der Waals surface area (Å²) in [6.45, 7) is 2.25. The van der Waals surface area contributed by atoms with Crippen molar-refractivity contribution < 1.29 is 33.5 Å². The van der Waals surface area contributed by atoms with Crippen LogP contribution in [0.4, 0.5) is 11.4 Å². The number of ether oxygens (including phenoxy) is 4. The first kappa shape index (κ1) is 19.9. The van der Waals surface area contributed by atoms with Gasteiger partial charge in [0.1, 0.15) is 13.2 Å². The molecule has 3 rings (SSSR count). The van der Waals surface area contributed by atoms with Gasteiger partial charge in [-0.2, -0.15) is 0 Å². The minimum atomic E-state index is -1.14. The second-order valence-corrected chi connectivity index (χ2v) is 6.04. The number of hydrogen-bond acceptors (Lipinski definition) is 8. The number of nitrogens with zero attached hydrogens (tertiary/aromatic N) is 1. The molecule has 29 heavy (non-hydrogen) atoms. The van der Waals surface area contributed by atoms with E-state index >= 15 is 0 Å². The van der Waals surface area contributed by atoms with Crippen LogP contribution in [0.2, 0.25) is 0 Å². The first-order valence-corrected chi connectivity index (χ1v) is 8.63. The van der Waals surface area contributed by atoms with Crippen LogP contribution in [0.1, 0.15) is 17.3 Å². The molecule has 0 saturated heterocycles. The third-order valence-corrected chi connectivity index (χ3v) is 4.07. The smallest absolute Gasteiger partial charge is 0.339 e. The molecule has 1 heterocycles. The Morgan fingerprint density at radius 1 is 1.14 bits per heavy atom. The van der Waals surface area contributed by atoms with Gasteiger partial charge >= 0.3 is 11.7 Å². The van der Waals surface area contributed by atoms with Crippen molar-refractivity contribution in [3.63, 3.8) is 0 Å². The number of nitro groups is 1. The molecule has 0 radical (unpaired) electrons. The van der Waals surface area contributed by atoms with E-state index in [4.69, 9.17) is 18.9 Å². The molecule has 0 aromatic heterocycles. The number of rotatable bonds is 6. The van der Waals surface area contributed by atoms with Crippen LogP contribution >= 0.6 is 0 Å². The van der Waals surface area contributed by atoms with Gasteiger partial charge in [0.05, 0.1) is 17.6 Å². The number of methoxy groups -OCH3 is 1. The van der Waals surface area contributed by atoms with Crippen LogP contribution in [0.5, 0.6) is 17.2 Å². The fraction of sp³-hybridized carbons (Fsp3) is 0.263. The first-order chi connectivity index (χ1) is 13.9. The van der Waals surface area contributed by atoms with Gasteiger partial charge in [0, 0.05) is 17.8 Å². The minimum absolute atomic E-state index is 0.0101. The molecule has 1 atom stereocenters. The quantitative estimate of drug-likeness (QED) is 0.444. The van der Waals surface area contributed by atoms with Crippen LogP contribution in [0.3, 0.4) is 0 Å². The molecule has 152 valence electrons. The lowest BCUT2D eigenvalue weighted by molar-refractivity contribution is -0.385. The van der Waals surface area contributed by atoms with Crippen LogP contribution < -0.4 is 19.5 Å². The van der Waals surface area contributed by atoms with Gasteiger partial charge in [0.15, 0.2) is 23.4 Å². The molecular weight excluding hydrogens is 384 g/mol. The van der Waals surface area contributed by atoms with Crippen LogP contribution in [0.25, 0.3) is 0 Å². The van der Waals surface area contributed by atoms with Crippen LogP contribution in [0.15, 0.2) is 36.4 Å². The summed E-state index contributed by atoms with van der Waals surface area (Å²) in [6, 6.07) is 8.54. The van der Waals surface area contributed by atoms with Gasteiger partial charge in [-0.3, -0.25) is 14.9 Å². The first-order valence-electron chi connectivity index (χ1n) is 8.63. The Morgan fingerprint density at radius 3 is 2.55 bits per heavy atom. The number of carbonyl (C=O) groups is 2. The highest BCUT2D eigenvalue weighted by Crippen LogP contribution is 2.32. The lowest BCUT2D eigenvalue weighted by atomic mass is 10.2. The zero-order valence-electron chi connectivity index (χ0n) is 15.7. The molecule has 0 fully saturated rings. The maximum atomic E-state index is 12.3. The molecule has 1 aliphatic heterocycles. The van der Waals surface area contributed by atoms with Crippen molar-refractivity contribution >= 4 is 23.3 Å². The van der Waals surface area contributed by atoms with E-state index < -0.39 is 22.9 Å². The number of anilines is 1. The molecule has 0 aliphatic carbocycles. The molecular formula is C19H18N2O8. The van der Waals surface area contributed by atoms with Gasteiger partial charge in [-0.1, -0.05) is 0 Å². The monoisotopic (exact) mass is 402 g/mol. The van der Waals surface area contributed by atoms with Gasteiger partial charge in [-0.25, -0.2) is 4.79 Å². The normalized spacial score (nSPS) is 13.2. The number of amides is 1. The summed E-state index contributed by atoms with van der Waals surface area (Å²) >= 11 is 0. The Kier molecular flexibility index (Phi) is 5.82. The highest BCUT2D eigenvalue weighted by Gasteiger charge is 2.23. The van der Waals surface area contributed by atoms with Crippen molar-refractivity contribution in [2.75, 3.05) is 25.6 Å². The largest absolute Gasteiger partial charge is 0.490 e. The Labute approximate surface area is 165 Å². The molecule has 1 unspecified atom stereocenters. The maximum Gasteiger partial charge on any atom is 0.339 e. The van der Waals surface area contributed by atoms with E-state index in [0.717, 1.165) is 6.07 Å². The molecule has 1 aliphatic rings. The van der Waals surface area contributed by atoms with Gasteiger partial charge in [0.2, 0.25) is 0 Å². The highest BCUT2D eigenvalue weighted by atomic mass is 16.6. The number of nitro benzene ring substituents is 1. The molecule has 0 bridgehead atoms. The van der Waals surface area contributed by atoms with E-state index in [9.17, 15) is 19.7 Å². The molecule has 10 nitrogen and oxygen atoms in total. The molecule has 0 saturated carbocycles. The SMILES string of the molecule is COc1ccc(C(=O)OC(C)C(=O)Nc2ccc3c(c2)OCCO3)cc1[N+](=O)[O-]. The van der Waals surface area contributed by atoms with Crippen LogP contribution in [-0.4, -0.2) is 43.2 Å². The Morgan fingerprint density at radius 2 is 1.86 bits per heavy atom. The molecule has 2 aromatic rings. The van der Waals surface area contributed by atoms with E-state index in [1.54, 1.807) is 18.2 Å². The number of esters is 1. The average Bonchev–Trinajstić information content (AvgIpc) is 2.72. The van der Waals surface area contributed by atoms with Crippen molar-refractivity contribution in [3.05, 3.63) is 52.1 Å². The van der Waals surface area contributed by atoms with E-state index in [2.05, 4.69) is 5.32 Å². The van der Waals surface area contributed by atoms with Crippen molar-refractivity contribution in [2.45, 2.75) is 13.0 Å². The summed E-state index contributed by atoms with van der Waals surface area (Å²) in [5.74, 6) is -0.353. The van der Waals surface area contributed by atoms with Gasteiger partial charge in [-0.15, -0.1) is 0 Å². The highest BCUT2D eigenvalue weighted by molar-refractivity contribution is 5.97. The number of fused-ring (bicyclic) bond motifs is 1. The van der Waals surface area contributed by atoms with E-state index in [0.29, 0.717) is 30.4 Å². The zero-order valence-corrected chi connectivity index (χ0v) is 15.7. The Bertz CT molecular complexity index is 959. The number of benzene rings is 2. The van der Waals surface area contributed by atoms with Crippen molar-refractivity contribution in [3.8, 4) is 17.2 Å². The summed E-state index contributed by atoms with van der Waals surface area (Å²) in [5.41, 5.74) is -0.00551. The average molecular weight is 402 g/mol. The number of carbonyl (C=O) groups excluding carboxylic acids is 2. The number of hydrogen-bond donors (Lipinski definition) is 1. The zero-order chi connectivity index (χ0) is 21.0. The molecule has 1 N–H and O–H groups in total. The van der Waals surface area contributed by atoms with Crippen molar-refractivity contribution in [1.29, 1.82) is 0 Å². The fourth-order valence-electron chi connectivity index (χ4n) is 2.61. The Hall–Kier alpha value is -3.82.